The Balaban J connectivity index is 1.55. The van der Waals surface area contributed by atoms with Crippen LogP contribution >= 0.6 is 0 Å². The van der Waals surface area contributed by atoms with E-state index in [0.717, 1.165) is 44.2 Å². The summed E-state index contributed by atoms with van der Waals surface area (Å²) in [6.07, 6.45) is 4.02. The molecule has 1 saturated heterocycles. The number of likely N-dealkylation sites (tertiary alicyclic amines) is 1. The van der Waals surface area contributed by atoms with Crippen LogP contribution in [0.5, 0.6) is 0 Å². The topological polar surface area (TPSA) is 65.7 Å². The van der Waals surface area contributed by atoms with Gasteiger partial charge in [-0.25, -0.2) is 9.98 Å². The zero-order chi connectivity index (χ0) is 21.6. The molecule has 1 aliphatic rings. The molecule has 30 heavy (non-hydrogen) atoms. The summed E-state index contributed by atoms with van der Waals surface area (Å²) in [5, 5.41) is 6.98. The fraction of sp³-hybridized carbons (Fsp3) is 0.583. The lowest BCUT2D eigenvalue weighted by atomic mass is 9.94. The van der Waals surface area contributed by atoms with Crippen LogP contribution in [0, 0.1) is 0 Å². The van der Waals surface area contributed by atoms with E-state index >= 15 is 0 Å². The first kappa shape index (κ1) is 22.3. The Morgan fingerprint density at radius 2 is 2.03 bits per heavy atom. The molecule has 1 aromatic carbocycles. The van der Waals surface area contributed by atoms with Crippen LogP contribution in [0.1, 0.15) is 64.7 Å². The van der Waals surface area contributed by atoms with Gasteiger partial charge in [-0.3, -0.25) is 4.90 Å². The van der Waals surface area contributed by atoms with E-state index in [0.29, 0.717) is 24.5 Å². The van der Waals surface area contributed by atoms with Gasteiger partial charge in [-0.05, 0) is 32.3 Å². The van der Waals surface area contributed by atoms with Gasteiger partial charge in [0.1, 0.15) is 12.3 Å². The molecule has 2 atom stereocenters. The second-order valence-electron chi connectivity index (χ2n) is 9.23. The summed E-state index contributed by atoms with van der Waals surface area (Å²) >= 11 is 0. The summed E-state index contributed by atoms with van der Waals surface area (Å²) in [5.74, 6) is 2.38. The molecular formula is C24H37N5O. The Morgan fingerprint density at radius 1 is 1.27 bits per heavy atom. The van der Waals surface area contributed by atoms with E-state index in [1.54, 1.807) is 0 Å². The summed E-state index contributed by atoms with van der Waals surface area (Å²) in [6.45, 7) is 14.1. The molecule has 2 heterocycles. The van der Waals surface area contributed by atoms with E-state index < -0.39 is 0 Å². The molecule has 0 saturated carbocycles. The molecule has 2 unspecified atom stereocenters. The average Bonchev–Trinajstić information content (AvgIpc) is 3.19. The number of nitrogens with zero attached hydrogens (tertiary/aromatic N) is 3. The lowest BCUT2D eigenvalue weighted by Gasteiger charge is -2.38. The monoisotopic (exact) mass is 411 g/mol. The number of aromatic nitrogens is 1. The van der Waals surface area contributed by atoms with Crippen molar-refractivity contribution in [3.8, 4) is 0 Å². The molecular weight excluding hydrogens is 374 g/mol. The van der Waals surface area contributed by atoms with E-state index in [9.17, 15) is 0 Å². The van der Waals surface area contributed by atoms with Crippen LogP contribution in [0.3, 0.4) is 0 Å². The van der Waals surface area contributed by atoms with Crippen molar-refractivity contribution in [3.05, 3.63) is 53.7 Å². The Labute approximate surface area is 181 Å². The molecule has 2 N–H and O–H groups in total. The summed E-state index contributed by atoms with van der Waals surface area (Å²) in [4.78, 5) is 11.7. The number of aliphatic imine (C=N–C) groups is 1. The van der Waals surface area contributed by atoms with Crippen molar-refractivity contribution in [2.45, 2.75) is 78.0 Å². The minimum atomic E-state index is -0.0401. The van der Waals surface area contributed by atoms with Crippen molar-refractivity contribution in [3.63, 3.8) is 0 Å². The molecule has 0 spiro atoms. The zero-order valence-electron chi connectivity index (χ0n) is 19.1. The van der Waals surface area contributed by atoms with Gasteiger partial charge in [0.05, 0.1) is 6.20 Å². The van der Waals surface area contributed by atoms with Crippen molar-refractivity contribution in [1.29, 1.82) is 0 Å². The molecule has 1 aromatic heterocycles. The highest BCUT2D eigenvalue weighted by atomic mass is 16.4. The zero-order valence-corrected chi connectivity index (χ0v) is 19.1. The molecule has 1 fully saturated rings. The van der Waals surface area contributed by atoms with Crippen LogP contribution in [0.4, 0.5) is 0 Å². The maximum atomic E-state index is 5.87. The van der Waals surface area contributed by atoms with Crippen LogP contribution in [0.2, 0.25) is 0 Å². The maximum Gasteiger partial charge on any atom is 0.216 e. The molecule has 2 aromatic rings. The number of oxazole rings is 1. The van der Waals surface area contributed by atoms with Crippen LogP contribution in [0.25, 0.3) is 0 Å². The number of rotatable bonds is 6. The summed E-state index contributed by atoms with van der Waals surface area (Å²) < 4.78 is 5.87. The van der Waals surface area contributed by atoms with Gasteiger partial charge in [-0.15, -0.1) is 0 Å². The molecule has 1 aliphatic heterocycles. The van der Waals surface area contributed by atoms with Gasteiger partial charge in [-0.2, -0.15) is 0 Å². The molecule has 0 bridgehead atoms. The van der Waals surface area contributed by atoms with E-state index in [4.69, 9.17) is 9.41 Å². The Bertz CT molecular complexity index is 809. The SMILES string of the molecule is CCNC(=NCc1ncc(C(C)(C)C)o1)NC1CCN(Cc2ccccc2)C(C)C1. The minimum absolute atomic E-state index is 0.0401. The second-order valence-corrected chi connectivity index (χ2v) is 9.23. The molecule has 0 amide bonds. The fourth-order valence-corrected chi connectivity index (χ4v) is 3.79. The van der Waals surface area contributed by atoms with Gasteiger partial charge in [0.2, 0.25) is 5.89 Å². The van der Waals surface area contributed by atoms with E-state index in [-0.39, 0.29) is 5.41 Å². The Hall–Kier alpha value is -2.34. The van der Waals surface area contributed by atoms with Gasteiger partial charge in [-0.1, -0.05) is 51.1 Å². The number of hydrogen-bond donors (Lipinski definition) is 2. The molecule has 3 rings (SSSR count). The average molecular weight is 412 g/mol. The summed E-state index contributed by atoms with van der Waals surface area (Å²) in [7, 11) is 0. The largest absolute Gasteiger partial charge is 0.443 e. The summed E-state index contributed by atoms with van der Waals surface area (Å²) in [6, 6.07) is 11.7. The minimum Gasteiger partial charge on any atom is -0.443 e. The fourth-order valence-electron chi connectivity index (χ4n) is 3.79. The predicted octanol–water partition coefficient (Wildman–Crippen LogP) is 4.08. The predicted molar refractivity (Wildman–Crippen MR) is 122 cm³/mol. The number of hydrogen-bond acceptors (Lipinski definition) is 4. The normalized spacial score (nSPS) is 20.9. The van der Waals surface area contributed by atoms with Gasteiger partial charge in [0, 0.05) is 37.1 Å². The third-order valence-electron chi connectivity index (χ3n) is 5.59. The van der Waals surface area contributed by atoms with Crippen molar-refractivity contribution < 1.29 is 4.42 Å². The highest BCUT2D eigenvalue weighted by molar-refractivity contribution is 5.80. The Kier molecular flexibility index (Phi) is 7.53. The van der Waals surface area contributed by atoms with Crippen molar-refractivity contribution in [2.75, 3.05) is 13.1 Å². The molecule has 6 nitrogen and oxygen atoms in total. The highest BCUT2D eigenvalue weighted by Crippen LogP contribution is 2.23. The Morgan fingerprint density at radius 3 is 2.67 bits per heavy atom. The van der Waals surface area contributed by atoms with Crippen LogP contribution in [-0.2, 0) is 18.5 Å². The van der Waals surface area contributed by atoms with Gasteiger partial charge in [0.25, 0.3) is 0 Å². The number of guanidine groups is 1. The van der Waals surface area contributed by atoms with E-state index in [1.165, 1.54) is 5.56 Å². The first-order valence-electron chi connectivity index (χ1n) is 11.1. The highest BCUT2D eigenvalue weighted by Gasteiger charge is 2.26. The first-order chi connectivity index (χ1) is 14.3. The summed E-state index contributed by atoms with van der Waals surface area (Å²) in [5.41, 5.74) is 1.34. The second kappa shape index (κ2) is 10.1. The number of piperidine rings is 1. The standard InChI is InChI=1S/C24H37N5O/c1-6-25-23(27-16-22-26-15-21(30-22)24(3,4)5)28-20-12-13-29(18(2)14-20)17-19-10-8-7-9-11-19/h7-11,15,18,20H,6,12-14,16-17H2,1-5H3,(H2,25,27,28). The van der Waals surface area contributed by atoms with Gasteiger partial charge >= 0.3 is 0 Å². The van der Waals surface area contributed by atoms with E-state index in [2.05, 4.69) is 85.5 Å². The van der Waals surface area contributed by atoms with E-state index in [1.807, 2.05) is 6.20 Å². The third-order valence-corrected chi connectivity index (χ3v) is 5.59. The molecule has 164 valence electrons. The quantitative estimate of drug-likeness (QED) is 0.554. The number of benzene rings is 1. The number of nitrogens with one attached hydrogen (secondary N) is 2. The van der Waals surface area contributed by atoms with Crippen molar-refractivity contribution in [2.24, 2.45) is 4.99 Å². The van der Waals surface area contributed by atoms with Crippen LogP contribution in [0.15, 0.2) is 45.9 Å². The van der Waals surface area contributed by atoms with Crippen LogP contribution in [-0.4, -0.2) is 41.0 Å². The van der Waals surface area contributed by atoms with Gasteiger partial charge < -0.3 is 15.1 Å². The smallest absolute Gasteiger partial charge is 0.216 e. The first-order valence-corrected chi connectivity index (χ1v) is 11.1. The molecule has 0 radical (unpaired) electrons. The van der Waals surface area contributed by atoms with Crippen molar-refractivity contribution in [1.82, 2.24) is 20.5 Å². The maximum absolute atomic E-state index is 5.87. The lowest BCUT2D eigenvalue weighted by molar-refractivity contribution is 0.134. The van der Waals surface area contributed by atoms with Gasteiger partial charge in [0.15, 0.2) is 5.96 Å². The van der Waals surface area contributed by atoms with Crippen molar-refractivity contribution >= 4 is 5.96 Å². The third kappa shape index (κ3) is 6.33. The van der Waals surface area contributed by atoms with Crippen LogP contribution < -0.4 is 10.6 Å². The lowest BCUT2D eigenvalue weighted by Crippen LogP contribution is -2.51. The molecule has 0 aliphatic carbocycles. The molecule has 6 heteroatoms.